The van der Waals surface area contributed by atoms with Crippen LogP contribution in [0.15, 0.2) is 24.3 Å². The molecule has 5 nitrogen and oxygen atoms in total. The zero-order chi connectivity index (χ0) is 17.9. The maximum atomic E-state index is 12.8. The number of carbonyl (C=O) groups is 2. The number of hydrogen-bond acceptors (Lipinski definition) is 3. The van der Waals surface area contributed by atoms with Crippen molar-refractivity contribution < 1.29 is 9.59 Å². The van der Waals surface area contributed by atoms with Gasteiger partial charge in [-0.15, -0.1) is 0 Å². The summed E-state index contributed by atoms with van der Waals surface area (Å²) in [5, 5.41) is 6.04. The Morgan fingerprint density at radius 3 is 2.54 bits per heavy atom. The normalized spacial score (nSPS) is 25.4. The van der Waals surface area contributed by atoms with Crippen LogP contribution in [0.1, 0.15) is 63.0 Å². The van der Waals surface area contributed by atoms with E-state index >= 15 is 0 Å². The van der Waals surface area contributed by atoms with Crippen LogP contribution >= 0.6 is 0 Å². The summed E-state index contributed by atoms with van der Waals surface area (Å²) in [6.07, 6.45) is 8.93. The van der Waals surface area contributed by atoms with Gasteiger partial charge < -0.3 is 15.5 Å². The lowest BCUT2D eigenvalue weighted by molar-refractivity contribution is -0.127. The Morgan fingerprint density at radius 2 is 1.77 bits per heavy atom. The largest absolute Gasteiger partial charge is 0.348 e. The molecule has 0 unspecified atom stereocenters. The summed E-state index contributed by atoms with van der Waals surface area (Å²) >= 11 is 0. The van der Waals surface area contributed by atoms with Gasteiger partial charge in [-0.1, -0.05) is 37.5 Å². The Hall–Kier alpha value is -1.88. The molecule has 140 valence electrons. The number of likely N-dealkylation sites (tertiary alicyclic amines) is 1. The van der Waals surface area contributed by atoms with Gasteiger partial charge in [-0.25, -0.2) is 0 Å². The van der Waals surface area contributed by atoms with Gasteiger partial charge in [0.15, 0.2) is 0 Å². The van der Waals surface area contributed by atoms with Crippen LogP contribution in [0.4, 0.5) is 5.69 Å². The third kappa shape index (κ3) is 3.78. The molecule has 4 rings (SSSR count). The number of piperidine rings is 1. The van der Waals surface area contributed by atoms with Crippen molar-refractivity contribution in [1.29, 1.82) is 0 Å². The van der Waals surface area contributed by atoms with Crippen molar-refractivity contribution in [3.8, 4) is 0 Å². The number of nitrogens with zero attached hydrogens (tertiary/aromatic N) is 1. The predicted molar refractivity (Wildman–Crippen MR) is 102 cm³/mol. The molecule has 1 aromatic carbocycles. The summed E-state index contributed by atoms with van der Waals surface area (Å²) in [4.78, 5) is 27.4. The van der Waals surface area contributed by atoms with E-state index in [1.165, 1.54) is 32.1 Å². The Bertz CT molecular complexity index is 661. The molecule has 2 heterocycles. The van der Waals surface area contributed by atoms with Crippen LogP contribution in [0.5, 0.6) is 0 Å². The highest BCUT2D eigenvalue weighted by atomic mass is 16.2. The zero-order valence-electron chi connectivity index (χ0n) is 15.4. The lowest BCUT2D eigenvalue weighted by Gasteiger charge is -2.39. The first-order valence-electron chi connectivity index (χ1n) is 10.1. The molecule has 2 N–H and O–H groups in total. The van der Waals surface area contributed by atoms with Crippen LogP contribution in [0.25, 0.3) is 0 Å². The highest BCUT2D eigenvalue weighted by Gasteiger charge is 2.32. The number of nitrogens with one attached hydrogen (secondary N) is 2. The van der Waals surface area contributed by atoms with Crippen molar-refractivity contribution >= 4 is 17.5 Å². The van der Waals surface area contributed by atoms with Crippen LogP contribution in [0, 0.1) is 5.92 Å². The summed E-state index contributed by atoms with van der Waals surface area (Å²) in [7, 11) is 0. The number of carbonyl (C=O) groups excluding carboxylic acids is 2. The first kappa shape index (κ1) is 17.5. The molecule has 5 heteroatoms. The maximum Gasteiger partial charge on any atom is 0.226 e. The molecule has 2 fully saturated rings. The molecule has 0 radical (unpaired) electrons. The van der Waals surface area contributed by atoms with Crippen LogP contribution < -0.4 is 10.6 Å². The van der Waals surface area contributed by atoms with E-state index in [0.29, 0.717) is 6.42 Å². The zero-order valence-corrected chi connectivity index (χ0v) is 15.4. The highest BCUT2D eigenvalue weighted by molar-refractivity contribution is 5.95. The molecule has 1 aliphatic carbocycles. The molecule has 2 aliphatic heterocycles. The number of benzene rings is 1. The molecule has 0 bridgehead atoms. The Kier molecular flexibility index (Phi) is 5.25. The van der Waals surface area contributed by atoms with Crippen LogP contribution in [0.2, 0.25) is 0 Å². The van der Waals surface area contributed by atoms with Crippen LogP contribution in [-0.4, -0.2) is 35.8 Å². The van der Waals surface area contributed by atoms with Crippen LogP contribution in [0.3, 0.4) is 0 Å². The number of anilines is 1. The lowest BCUT2D eigenvalue weighted by Crippen LogP contribution is -2.46. The van der Waals surface area contributed by atoms with Crippen LogP contribution in [-0.2, 0) is 9.59 Å². The van der Waals surface area contributed by atoms with Gasteiger partial charge in [-0.2, -0.15) is 0 Å². The van der Waals surface area contributed by atoms with Gasteiger partial charge in [-0.05, 0) is 50.4 Å². The monoisotopic (exact) mass is 355 g/mol. The number of hydrogen-bond donors (Lipinski definition) is 2. The van der Waals surface area contributed by atoms with Gasteiger partial charge in [-0.3, -0.25) is 9.59 Å². The molecule has 1 aromatic rings. The van der Waals surface area contributed by atoms with Crippen molar-refractivity contribution in [3.63, 3.8) is 0 Å². The molecule has 1 saturated heterocycles. The molecule has 2 amide bonds. The summed E-state index contributed by atoms with van der Waals surface area (Å²) in [6, 6.07) is 8.28. The minimum atomic E-state index is -0.205. The maximum absolute atomic E-state index is 12.8. The third-order valence-electron chi connectivity index (χ3n) is 6.31. The van der Waals surface area contributed by atoms with Crippen molar-refractivity contribution in [2.24, 2.45) is 5.92 Å². The number of amides is 2. The summed E-state index contributed by atoms with van der Waals surface area (Å²) in [5.41, 5.74) is 1.83. The van der Waals surface area contributed by atoms with E-state index < -0.39 is 0 Å². The van der Waals surface area contributed by atoms with E-state index in [-0.39, 0.29) is 23.8 Å². The Morgan fingerprint density at radius 1 is 1.04 bits per heavy atom. The van der Waals surface area contributed by atoms with E-state index in [1.807, 2.05) is 24.3 Å². The van der Waals surface area contributed by atoms with Gasteiger partial charge >= 0.3 is 0 Å². The second-order valence-electron chi connectivity index (χ2n) is 8.00. The second-order valence-corrected chi connectivity index (χ2v) is 8.00. The van der Waals surface area contributed by atoms with E-state index in [0.717, 1.165) is 43.2 Å². The van der Waals surface area contributed by atoms with Gasteiger partial charge in [0, 0.05) is 17.6 Å². The predicted octanol–water partition coefficient (Wildman–Crippen LogP) is 3.23. The van der Waals surface area contributed by atoms with Crippen molar-refractivity contribution in [2.75, 3.05) is 18.4 Å². The van der Waals surface area contributed by atoms with E-state index in [2.05, 4.69) is 15.5 Å². The second kappa shape index (κ2) is 7.78. The lowest BCUT2D eigenvalue weighted by atomic mass is 9.89. The quantitative estimate of drug-likeness (QED) is 0.875. The first-order chi connectivity index (χ1) is 12.7. The summed E-state index contributed by atoms with van der Waals surface area (Å²) < 4.78 is 0. The SMILES string of the molecule is O=C1C[C@@H](NC(=O)C2CCN(C3CCCCC3)CC2)c2ccccc2N1. The fourth-order valence-corrected chi connectivity index (χ4v) is 4.80. The van der Waals surface area contributed by atoms with E-state index in [4.69, 9.17) is 0 Å². The molecule has 1 saturated carbocycles. The fourth-order valence-electron chi connectivity index (χ4n) is 4.80. The standard InChI is InChI=1S/C21H29N3O2/c25-20-14-19(17-8-4-5-9-18(17)22-20)23-21(26)15-10-12-24(13-11-15)16-6-2-1-3-7-16/h4-5,8-9,15-16,19H,1-3,6-7,10-14H2,(H,22,25)(H,23,26)/t19-/m1/s1. The topological polar surface area (TPSA) is 61.4 Å². The highest BCUT2D eigenvalue weighted by Crippen LogP contribution is 2.31. The smallest absolute Gasteiger partial charge is 0.226 e. The fraction of sp³-hybridized carbons (Fsp3) is 0.619. The molecule has 26 heavy (non-hydrogen) atoms. The Labute approximate surface area is 155 Å². The number of fused-ring (bicyclic) bond motifs is 1. The molecule has 1 atom stereocenters. The number of rotatable bonds is 3. The molecular weight excluding hydrogens is 326 g/mol. The van der Waals surface area contributed by atoms with Gasteiger partial charge in [0.2, 0.25) is 11.8 Å². The van der Waals surface area contributed by atoms with Gasteiger partial charge in [0.05, 0.1) is 12.5 Å². The average molecular weight is 355 g/mol. The van der Waals surface area contributed by atoms with Crippen molar-refractivity contribution in [1.82, 2.24) is 10.2 Å². The van der Waals surface area contributed by atoms with Crippen molar-refractivity contribution in [3.05, 3.63) is 29.8 Å². The molecule has 0 spiro atoms. The van der Waals surface area contributed by atoms with Gasteiger partial charge in [0.25, 0.3) is 0 Å². The summed E-state index contributed by atoms with van der Waals surface area (Å²) in [5.74, 6) is 0.163. The van der Waals surface area contributed by atoms with E-state index in [1.54, 1.807) is 0 Å². The summed E-state index contributed by atoms with van der Waals surface area (Å²) in [6.45, 7) is 2.06. The third-order valence-corrected chi connectivity index (χ3v) is 6.31. The van der Waals surface area contributed by atoms with Crippen molar-refractivity contribution in [2.45, 2.75) is 63.5 Å². The van der Waals surface area contributed by atoms with E-state index in [9.17, 15) is 9.59 Å². The van der Waals surface area contributed by atoms with Gasteiger partial charge in [0.1, 0.15) is 0 Å². The minimum Gasteiger partial charge on any atom is -0.348 e. The minimum absolute atomic E-state index is 0.0267. The Balaban J connectivity index is 1.34. The number of para-hydroxylation sites is 1. The molecule has 3 aliphatic rings. The molecule has 0 aromatic heterocycles. The first-order valence-corrected chi connectivity index (χ1v) is 10.1. The molecular formula is C21H29N3O2. The average Bonchev–Trinajstić information content (AvgIpc) is 2.68.